The average Bonchev–Trinajstić information content (AvgIpc) is 2.43. The zero-order valence-corrected chi connectivity index (χ0v) is 11.5. The number of aromatic nitrogens is 1. The summed E-state index contributed by atoms with van der Waals surface area (Å²) < 4.78 is 0. The summed E-state index contributed by atoms with van der Waals surface area (Å²) in [6.07, 6.45) is 6.09. The van der Waals surface area contributed by atoms with Gasteiger partial charge in [-0.25, -0.2) is 4.98 Å². The Balaban J connectivity index is 0.00000132. The molecule has 0 spiro atoms. The lowest BCUT2D eigenvalue weighted by molar-refractivity contribution is -0.112. The summed E-state index contributed by atoms with van der Waals surface area (Å²) in [6, 6.07) is 5.55. The second-order valence-corrected chi connectivity index (χ2v) is 6.30. The standard InChI is InChI=1S/C16H19N3O.BH3/c20-16(18-15-3-1-2-4-17-15)7-14-12-5-11-6-13(14)10-19(8-11)9-12;/h1-4,7,11-13H,5-6,8-10H2,(H,17,18,20);1H3. The number of nitrogens with one attached hydrogen (secondary N) is 1. The molecule has 5 rings (SSSR count). The van der Waals surface area contributed by atoms with E-state index in [0.29, 0.717) is 17.7 Å². The number of hydrogen-bond acceptors (Lipinski definition) is 3. The van der Waals surface area contributed by atoms with E-state index < -0.39 is 0 Å². The topological polar surface area (TPSA) is 45.2 Å². The molecule has 1 aromatic rings. The van der Waals surface area contributed by atoms with Crippen LogP contribution in [0.2, 0.25) is 0 Å². The van der Waals surface area contributed by atoms with Gasteiger partial charge in [0.05, 0.1) is 8.41 Å². The van der Waals surface area contributed by atoms with Crippen molar-refractivity contribution in [2.75, 3.05) is 25.0 Å². The molecule has 4 heterocycles. The number of rotatable bonds is 2. The first kappa shape index (κ1) is 14.3. The van der Waals surface area contributed by atoms with Crippen LogP contribution in [-0.2, 0) is 4.79 Å². The predicted molar refractivity (Wildman–Crippen MR) is 87.0 cm³/mol. The van der Waals surface area contributed by atoms with Crippen molar-refractivity contribution in [3.63, 3.8) is 0 Å². The number of anilines is 1. The highest BCUT2D eigenvalue weighted by molar-refractivity contribution is 5.99. The number of piperidine rings is 3. The SMILES string of the molecule is B.O=C(C=C1C2CC3CC1CN(C3)C2)Nc1ccccn1. The molecule has 4 fully saturated rings. The molecule has 0 radical (unpaired) electrons. The van der Waals surface area contributed by atoms with Gasteiger partial charge in [0.25, 0.3) is 0 Å². The zero-order valence-electron chi connectivity index (χ0n) is 11.5. The monoisotopic (exact) mass is 283 g/mol. The van der Waals surface area contributed by atoms with Crippen molar-refractivity contribution in [3.05, 3.63) is 36.0 Å². The zero-order chi connectivity index (χ0) is 13.5. The molecule has 1 aromatic heterocycles. The maximum absolute atomic E-state index is 12.2. The highest BCUT2D eigenvalue weighted by Gasteiger charge is 2.44. The Bertz CT molecular complexity index is 528. The minimum Gasteiger partial charge on any atom is -0.307 e. The van der Waals surface area contributed by atoms with E-state index in [0.717, 1.165) is 19.0 Å². The van der Waals surface area contributed by atoms with Crippen molar-refractivity contribution in [1.29, 1.82) is 0 Å². The molecule has 3 aliphatic heterocycles. The summed E-state index contributed by atoms with van der Waals surface area (Å²) >= 11 is 0. The first-order chi connectivity index (χ1) is 9.78. The van der Waals surface area contributed by atoms with E-state index in [1.54, 1.807) is 6.20 Å². The van der Waals surface area contributed by atoms with Gasteiger partial charge in [-0.2, -0.15) is 0 Å². The molecule has 1 aliphatic carbocycles. The fraction of sp³-hybridized carbons (Fsp3) is 0.500. The highest BCUT2D eigenvalue weighted by atomic mass is 16.1. The van der Waals surface area contributed by atoms with Gasteiger partial charge in [0.1, 0.15) is 5.82 Å². The number of nitrogens with zero attached hydrogens (tertiary/aromatic N) is 2. The molecule has 1 N–H and O–H groups in total. The molecule has 1 saturated carbocycles. The first-order valence-corrected chi connectivity index (χ1v) is 7.44. The van der Waals surface area contributed by atoms with Gasteiger partial charge < -0.3 is 10.2 Å². The van der Waals surface area contributed by atoms with Crippen LogP contribution in [0.3, 0.4) is 0 Å². The van der Waals surface area contributed by atoms with Crippen LogP contribution in [0, 0.1) is 17.8 Å². The molecule has 110 valence electrons. The van der Waals surface area contributed by atoms with E-state index in [1.165, 1.54) is 25.0 Å². The Hall–Kier alpha value is -1.62. The molecule has 21 heavy (non-hydrogen) atoms. The van der Waals surface area contributed by atoms with Gasteiger partial charge in [-0.3, -0.25) is 4.79 Å². The van der Waals surface area contributed by atoms with E-state index in [-0.39, 0.29) is 14.3 Å². The summed E-state index contributed by atoms with van der Waals surface area (Å²) in [4.78, 5) is 18.9. The summed E-state index contributed by atoms with van der Waals surface area (Å²) in [7, 11) is 0. The number of carbonyl (C=O) groups is 1. The number of hydrogen-bond donors (Lipinski definition) is 1. The van der Waals surface area contributed by atoms with Crippen LogP contribution in [0.4, 0.5) is 5.82 Å². The molecule has 2 atom stereocenters. The Morgan fingerprint density at radius 1 is 1.24 bits per heavy atom. The largest absolute Gasteiger partial charge is 0.307 e. The minimum atomic E-state index is -0.0267. The van der Waals surface area contributed by atoms with E-state index >= 15 is 0 Å². The highest BCUT2D eigenvalue weighted by Crippen LogP contribution is 2.46. The van der Waals surface area contributed by atoms with Crippen molar-refractivity contribution in [2.24, 2.45) is 17.8 Å². The molecule has 4 aliphatic rings. The second-order valence-electron chi connectivity index (χ2n) is 6.30. The lowest BCUT2D eigenvalue weighted by atomic mass is 9.65. The Morgan fingerprint density at radius 3 is 2.62 bits per heavy atom. The maximum Gasteiger partial charge on any atom is 0.249 e. The van der Waals surface area contributed by atoms with Gasteiger partial charge >= 0.3 is 0 Å². The Morgan fingerprint density at radius 2 is 2.00 bits per heavy atom. The van der Waals surface area contributed by atoms with Crippen molar-refractivity contribution < 1.29 is 4.79 Å². The number of carbonyl (C=O) groups excluding carboxylic acids is 1. The van der Waals surface area contributed by atoms with Gasteiger partial charge in [0.2, 0.25) is 5.91 Å². The van der Waals surface area contributed by atoms with E-state index in [1.807, 2.05) is 24.3 Å². The molecule has 4 bridgehead atoms. The fourth-order valence-corrected chi connectivity index (χ4v) is 4.21. The van der Waals surface area contributed by atoms with Crippen LogP contribution in [0.1, 0.15) is 12.8 Å². The minimum absolute atomic E-state index is 0. The van der Waals surface area contributed by atoms with Gasteiger partial charge in [-0.15, -0.1) is 0 Å². The van der Waals surface area contributed by atoms with E-state index in [9.17, 15) is 4.79 Å². The predicted octanol–water partition coefficient (Wildman–Crippen LogP) is 0.734. The van der Waals surface area contributed by atoms with Crippen molar-refractivity contribution in [3.8, 4) is 0 Å². The van der Waals surface area contributed by atoms with Crippen molar-refractivity contribution >= 4 is 20.1 Å². The van der Waals surface area contributed by atoms with E-state index in [2.05, 4.69) is 15.2 Å². The second kappa shape index (κ2) is 5.64. The lowest BCUT2D eigenvalue weighted by Crippen LogP contribution is -2.54. The summed E-state index contributed by atoms with van der Waals surface area (Å²) in [5.41, 5.74) is 1.38. The van der Waals surface area contributed by atoms with E-state index in [4.69, 9.17) is 0 Å². The fourth-order valence-electron chi connectivity index (χ4n) is 4.21. The van der Waals surface area contributed by atoms with Crippen LogP contribution >= 0.6 is 0 Å². The van der Waals surface area contributed by atoms with Crippen molar-refractivity contribution in [2.45, 2.75) is 12.8 Å². The molecule has 1 amide bonds. The molecule has 3 saturated heterocycles. The molecule has 4 nitrogen and oxygen atoms in total. The smallest absolute Gasteiger partial charge is 0.249 e. The van der Waals surface area contributed by atoms with Gasteiger partial charge in [-0.05, 0) is 42.7 Å². The Kier molecular flexibility index (Phi) is 3.85. The quantitative estimate of drug-likeness (QED) is 0.643. The van der Waals surface area contributed by atoms with Gasteiger partial charge in [0.15, 0.2) is 0 Å². The molecule has 5 heteroatoms. The van der Waals surface area contributed by atoms with Gasteiger partial charge in [-0.1, -0.05) is 11.6 Å². The summed E-state index contributed by atoms with van der Waals surface area (Å²) in [6.45, 7) is 3.58. The third-order valence-electron chi connectivity index (χ3n) is 4.87. The van der Waals surface area contributed by atoms with Crippen LogP contribution < -0.4 is 5.32 Å². The summed E-state index contributed by atoms with van der Waals surface area (Å²) in [5, 5.41) is 2.86. The van der Waals surface area contributed by atoms with Crippen LogP contribution in [0.15, 0.2) is 36.0 Å². The molecular formula is C16H22BN3O. The van der Waals surface area contributed by atoms with Gasteiger partial charge in [0, 0.05) is 31.9 Å². The molecular weight excluding hydrogens is 261 g/mol. The first-order valence-electron chi connectivity index (χ1n) is 7.44. The number of pyridine rings is 1. The Labute approximate surface area is 127 Å². The normalized spacial score (nSPS) is 32.5. The average molecular weight is 283 g/mol. The third-order valence-corrected chi connectivity index (χ3v) is 4.87. The van der Waals surface area contributed by atoms with Crippen molar-refractivity contribution in [1.82, 2.24) is 9.88 Å². The van der Waals surface area contributed by atoms with Crippen LogP contribution in [0.5, 0.6) is 0 Å². The summed E-state index contributed by atoms with van der Waals surface area (Å²) in [5.74, 6) is 2.68. The molecule has 0 aromatic carbocycles. The molecule has 2 unspecified atom stereocenters. The lowest BCUT2D eigenvalue weighted by Gasteiger charge is -2.53. The number of amides is 1. The van der Waals surface area contributed by atoms with Crippen LogP contribution in [0.25, 0.3) is 0 Å². The third kappa shape index (κ3) is 2.75. The maximum atomic E-state index is 12.2. The van der Waals surface area contributed by atoms with Crippen LogP contribution in [-0.4, -0.2) is 43.8 Å².